The van der Waals surface area contributed by atoms with Crippen LogP contribution in [0.4, 0.5) is 26.3 Å². The van der Waals surface area contributed by atoms with Crippen LogP contribution in [0.3, 0.4) is 0 Å². The summed E-state index contributed by atoms with van der Waals surface area (Å²) in [6.07, 6.45) is -7.23. The molecule has 2 heterocycles. The summed E-state index contributed by atoms with van der Waals surface area (Å²) in [6, 6.07) is 8.08. The summed E-state index contributed by atoms with van der Waals surface area (Å²) in [5.41, 5.74) is -2.10. The Balaban J connectivity index is 1.71. The topological polar surface area (TPSA) is 53.5 Å². The minimum atomic E-state index is -5.04. The zero-order chi connectivity index (χ0) is 29.2. The van der Waals surface area contributed by atoms with Crippen LogP contribution < -0.4 is 0 Å². The second-order valence-corrected chi connectivity index (χ2v) is 10.1. The molecule has 212 valence electrons. The van der Waals surface area contributed by atoms with Crippen LogP contribution in [0.5, 0.6) is 0 Å². The van der Waals surface area contributed by atoms with Gasteiger partial charge in [-0.3, -0.25) is 14.6 Å². The lowest BCUT2D eigenvalue weighted by Gasteiger charge is -2.31. The Bertz CT molecular complexity index is 1370. The minimum absolute atomic E-state index is 0.0144. The second kappa shape index (κ2) is 11.7. The number of amides is 2. The second-order valence-electron chi connectivity index (χ2n) is 9.27. The molecule has 1 saturated heterocycles. The molecular formula is C27H21Cl2F6N3O2. The molecule has 13 heteroatoms. The Morgan fingerprint density at radius 2 is 1.40 bits per heavy atom. The van der Waals surface area contributed by atoms with E-state index in [1.54, 1.807) is 18.2 Å². The monoisotopic (exact) mass is 603 g/mol. The van der Waals surface area contributed by atoms with Crippen molar-refractivity contribution < 1.29 is 35.9 Å². The highest BCUT2D eigenvalue weighted by molar-refractivity contribution is 6.42. The first-order chi connectivity index (χ1) is 18.7. The number of carbonyl (C=O) groups is 2. The van der Waals surface area contributed by atoms with Gasteiger partial charge in [0.25, 0.3) is 0 Å². The first-order valence-corrected chi connectivity index (χ1v) is 12.7. The molecule has 0 aliphatic carbocycles. The van der Waals surface area contributed by atoms with Crippen LogP contribution in [0, 0.1) is 0 Å². The number of aromatic nitrogens is 1. The van der Waals surface area contributed by atoms with Gasteiger partial charge in [-0.2, -0.15) is 26.3 Å². The van der Waals surface area contributed by atoms with Crippen molar-refractivity contribution in [3.05, 3.63) is 98.8 Å². The van der Waals surface area contributed by atoms with Gasteiger partial charge in [-0.25, -0.2) is 0 Å². The third kappa shape index (κ3) is 7.06. The Morgan fingerprint density at radius 1 is 0.775 bits per heavy atom. The van der Waals surface area contributed by atoms with E-state index >= 15 is 0 Å². The summed E-state index contributed by atoms with van der Waals surface area (Å²) in [5.74, 6) is -1.03. The average molecular weight is 604 g/mol. The Hall–Kier alpha value is -3.31. The highest BCUT2D eigenvalue weighted by Crippen LogP contribution is 2.37. The highest BCUT2D eigenvalue weighted by atomic mass is 35.5. The van der Waals surface area contributed by atoms with E-state index in [1.165, 1.54) is 29.4 Å². The summed E-state index contributed by atoms with van der Waals surface area (Å²) in [5, 5.41) is 0.488. The Labute approximate surface area is 235 Å². The zero-order valence-electron chi connectivity index (χ0n) is 20.6. The lowest BCUT2D eigenvalue weighted by Crippen LogP contribution is -2.48. The fourth-order valence-corrected chi connectivity index (χ4v) is 4.78. The predicted molar refractivity (Wildman–Crippen MR) is 135 cm³/mol. The number of pyridine rings is 1. The molecular weight excluding hydrogens is 583 g/mol. The Kier molecular flexibility index (Phi) is 8.65. The number of hydrogen-bond donors (Lipinski definition) is 0. The molecule has 2 aromatic carbocycles. The van der Waals surface area contributed by atoms with E-state index in [4.69, 9.17) is 23.2 Å². The molecule has 2 amide bonds. The van der Waals surface area contributed by atoms with Crippen LogP contribution in [0.25, 0.3) is 0 Å². The molecule has 5 nitrogen and oxygen atoms in total. The maximum absolute atomic E-state index is 13.8. The van der Waals surface area contributed by atoms with Crippen LogP contribution in [-0.2, 0) is 41.5 Å². The predicted octanol–water partition coefficient (Wildman–Crippen LogP) is 6.80. The Morgan fingerprint density at radius 3 is 1.98 bits per heavy atom. The molecule has 3 aromatic rings. The fraction of sp³-hybridized carbons (Fsp3) is 0.296. The summed E-state index contributed by atoms with van der Waals surface area (Å²) in [7, 11) is 0. The van der Waals surface area contributed by atoms with Crippen LogP contribution in [-0.4, -0.2) is 39.2 Å². The molecule has 1 unspecified atom stereocenters. The van der Waals surface area contributed by atoms with Gasteiger partial charge in [0.15, 0.2) is 0 Å². The summed E-state index contributed by atoms with van der Waals surface area (Å²) in [4.78, 5) is 33.5. The number of hydrogen-bond acceptors (Lipinski definition) is 3. The van der Waals surface area contributed by atoms with E-state index in [0.717, 1.165) is 4.90 Å². The number of alkyl halides is 6. The van der Waals surface area contributed by atoms with E-state index in [1.807, 2.05) is 0 Å². The molecule has 4 rings (SSSR count). The van der Waals surface area contributed by atoms with Crippen LogP contribution in [0.1, 0.15) is 34.2 Å². The first-order valence-electron chi connectivity index (χ1n) is 11.9. The van der Waals surface area contributed by atoms with E-state index in [9.17, 15) is 35.9 Å². The summed E-state index contributed by atoms with van der Waals surface area (Å²) >= 11 is 12.1. The van der Waals surface area contributed by atoms with E-state index in [0.29, 0.717) is 23.3 Å². The SMILES string of the molecule is O=C1C(Cc2ccc(Cl)c(Cl)c2)N(Cc2ccncc2)C(=O)CCN1Cc1cc(C(F)(F)F)cc(C(F)(F)F)c1. The lowest BCUT2D eigenvalue weighted by molar-refractivity contribution is -0.143. The molecule has 40 heavy (non-hydrogen) atoms. The third-order valence-corrected chi connectivity index (χ3v) is 7.16. The molecule has 1 aromatic heterocycles. The average Bonchev–Trinajstić information content (AvgIpc) is 2.98. The van der Waals surface area contributed by atoms with Crippen LogP contribution >= 0.6 is 23.2 Å². The molecule has 0 spiro atoms. The maximum Gasteiger partial charge on any atom is 0.416 e. The first kappa shape index (κ1) is 29.7. The molecule has 0 saturated carbocycles. The summed E-state index contributed by atoms with van der Waals surface area (Å²) in [6.45, 7) is -0.714. The van der Waals surface area contributed by atoms with Crippen molar-refractivity contribution in [2.24, 2.45) is 0 Å². The van der Waals surface area contributed by atoms with Crippen molar-refractivity contribution in [3.63, 3.8) is 0 Å². The van der Waals surface area contributed by atoms with Gasteiger partial charge < -0.3 is 9.80 Å². The lowest BCUT2D eigenvalue weighted by atomic mass is 10.0. The molecule has 1 fully saturated rings. The van der Waals surface area contributed by atoms with Gasteiger partial charge in [0.2, 0.25) is 11.8 Å². The van der Waals surface area contributed by atoms with Gasteiger partial charge in [0.05, 0.1) is 21.2 Å². The van der Waals surface area contributed by atoms with E-state index < -0.39 is 47.9 Å². The quantitative estimate of drug-likeness (QED) is 0.291. The zero-order valence-corrected chi connectivity index (χ0v) is 22.1. The smallest absolute Gasteiger partial charge is 0.336 e. The van der Waals surface area contributed by atoms with Crippen molar-refractivity contribution in [2.75, 3.05) is 6.54 Å². The highest BCUT2D eigenvalue weighted by Gasteiger charge is 2.39. The number of halogens is 8. The van der Waals surface area contributed by atoms with Gasteiger partial charge in [-0.15, -0.1) is 0 Å². The number of benzene rings is 2. The van der Waals surface area contributed by atoms with Gasteiger partial charge in [0, 0.05) is 44.9 Å². The summed E-state index contributed by atoms with van der Waals surface area (Å²) < 4.78 is 80.4. The number of rotatable bonds is 6. The van der Waals surface area contributed by atoms with Gasteiger partial charge in [-0.1, -0.05) is 29.3 Å². The standard InChI is InChI=1S/C27H21Cl2F6N3O2/c28-21-2-1-17(11-22(21)29)12-23-25(40)37(8-5-24(39)38(23)15-16-3-6-36-7-4-16)14-18-9-19(26(30,31)32)13-20(10-18)27(33,34)35/h1-4,6-7,9-11,13,23H,5,8,12,14-15H2. The van der Waals surface area contributed by atoms with E-state index in [-0.39, 0.29) is 47.6 Å². The van der Waals surface area contributed by atoms with Crippen LogP contribution in [0.2, 0.25) is 10.0 Å². The number of nitrogens with zero attached hydrogens (tertiary/aromatic N) is 3. The van der Waals surface area contributed by atoms with Crippen molar-refractivity contribution >= 4 is 35.0 Å². The van der Waals surface area contributed by atoms with Crippen molar-refractivity contribution in [1.82, 2.24) is 14.8 Å². The van der Waals surface area contributed by atoms with Gasteiger partial charge in [-0.05, 0) is 59.2 Å². The largest absolute Gasteiger partial charge is 0.416 e. The van der Waals surface area contributed by atoms with Crippen LogP contribution in [0.15, 0.2) is 60.9 Å². The van der Waals surface area contributed by atoms with Crippen molar-refractivity contribution in [1.29, 1.82) is 0 Å². The number of carbonyl (C=O) groups excluding carboxylic acids is 2. The van der Waals surface area contributed by atoms with Crippen molar-refractivity contribution in [3.8, 4) is 0 Å². The molecule has 0 radical (unpaired) electrons. The molecule has 0 bridgehead atoms. The molecule has 1 atom stereocenters. The third-order valence-electron chi connectivity index (χ3n) is 6.43. The van der Waals surface area contributed by atoms with Gasteiger partial charge in [0.1, 0.15) is 6.04 Å². The fourth-order valence-electron chi connectivity index (χ4n) is 4.46. The minimum Gasteiger partial charge on any atom is -0.336 e. The molecule has 1 aliphatic rings. The molecule has 1 aliphatic heterocycles. The maximum atomic E-state index is 13.8. The normalized spacial score (nSPS) is 16.9. The molecule has 0 N–H and O–H groups in total. The van der Waals surface area contributed by atoms with E-state index in [2.05, 4.69) is 4.98 Å². The van der Waals surface area contributed by atoms with Gasteiger partial charge >= 0.3 is 12.4 Å². The van der Waals surface area contributed by atoms with Crippen molar-refractivity contribution in [2.45, 2.75) is 44.3 Å².